The summed E-state index contributed by atoms with van der Waals surface area (Å²) in [5.41, 5.74) is 0.605. The molecule has 0 aliphatic heterocycles. The molecule has 2 amide bonds. The molecule has 1 aromatic rings. The summed E-state index contributed by atoms with van der Waals surface area (Å²) in [7, 11) is 0. The summed E-state index contributed by atoms with van der Waals surface area (Å²) >= 11 is 0. The number of carboxylic acid groups (broad SMARTS) is 1. The standard InChI is InChI=1S/C12H15FN2O3/c1-2-10(11(16)17)15-12(18)14-7-8-4-3-5-9(13)6-8/h3-6,10H,2,7H2,1H3,(H,16,17)(H2,14,15,18). The molecule has 0 saturated carbocycles. The molecule has 1 aromatic carbocycles. The summed E-state index contributed by atoms with van der Waals surface area (Å²) in [5, 5.41) is 13.5. The van der Waals surface area contributed by atoms with Gasteiger partial charge in [0, 0.05) is 6.54 Å². The number of carboxylic acids is 1. The number of carbonyl (C=O) groups is 2. The first-order valence-corrected chi connectivity index (χ1v) is 5.54. The lowest BCUT2D eigenvalue weighted by Gasteiger charge is -2.13. The van der Waals surface area contributed by atoms with E-state index in [1.54, 1.807) is 13.0 Å². The Hall–Kier alpha value is -2.11. The van der Waals surface area contributed by atoms with E-state index < -0.39 is 18.0 Å². The molecule has 18 heavy (non-hydrogen) atoms. The summed E-state index contributed by atoms with van der Waals surface area (Å²) in [6.07, 6.45) is 0.294. The van der Waals surface area contributed by atoms with Gasteiger partial charge in [-0.2, -0.15) is 0 Å². The zero-order chi connectivity index (χ0) is 13.5. The first-order chi connectivity index (χ1) is 8.52. The Labute approximate surface area is 104 Å². The van der Waals surface area contributed by atoms with Gasteiger partial charge in [-0.3, -0.25) is 0 Å². The van der Waals surface area contributed by atoms with E-state index in [9.17, 15) is 14.0 Å². The average molecular weight is 254 g/mol. The fraction of sp³-hybridized carbons (Fsp3) is 0.333. The summed E-state index contributed by atoms with van der Waals surface area (Å²) in [5.74, 6) is -1.47. The molecule has 1 rings (SSSR count). The molecule has 98 valence electrons. The van der Waals surface area contributed by atoms with Crippen molar-refractivity contribution in [3.63, 3.8) is 0 Å². The first-order valence-electron chi connectivity index (χ1n) is 5.54. The van der Waals surface area contributed by atoms with Crippen molar-refractivity contribution in [1.29, 1.82) is 0 Å². The normalized spacial score (nSPS) is 11.7. The van der Waals surface area contributed by atoms with Gasteiger partial charge in [0.2, 0.25) is 0 Å². The lowest BCUT2D eigenvalue weighted by atomic mass is 10.2. The van der Waals surface area contributed by atoms with E-state index in [2.05, 4.69) is 10.6 Å². The number of amides is 2. The highest BCUT2D eigenvalue weighted by Crippen LogP contribution is 2.02. The second-order valence-corrected chi connectivity index (χ2v) is 3.76. The number of halogens is 1. The van der Waals surface area contributed by atoms with Crippen LogP contribution in [0, 0.1) is 5.82 Å². The van der Waals surface area contributed by atoms with Crippen molar-refractivity contribution in [3.05, 3.63) is 35.6 Å². The molecule has 1 unspecified atom stereocenters. The lowest BCUT2D eigenvalue weighted by Crippen LogP contribution is -2.45. The van der Waals surface area contributed by atoms with Crippen molar-refractivity contribution in [1.82, 2.24) is 10.6 Å². The van der Waals surface area contributed by atoms with Crippen LogP contribution in [0.15, 0.2) is 24.3 Å². The van der Waals surface area contributed by atoms with Crippen LogP contribution in [0.25, 0.3) is 0 Å². The molecule has 5 nitrogen and oxygen atoms in total. The van der Waals surface area contributed by atoms with Crippen LogP contribution in [-0.4, -0.2) is 23.1 Å². The summed E-state index contributed by atoms with van der Waals surface area (Å²) < 4.78 is 12.9. The average Bonchev–Trinajstić information content (AvgIpc) is 2.33. The van der Waals surface area contributed by atoms with Crippen LogP contribution in [0.4, 0.5) is 9.18 Å². The second kappa shape index (κ2) is 6.58. The molecule has 0 aliphatic carbocycles. The molecule has 3 N–H and O–H groups in total. The van der Waals surface area contributed by atoms with Crippen molar-refractivity contribution in [2.75, 3.05) is 0 Å². The largest absolute Gasteiger partial charge is 0.480 e. The molecule has 0 fully saturated rings. The zero-order valence-corrected chi connectivity index (χ0v) is 9.94. The number of nitrogens with one attached hydrogen (secondary N) is 2. The van der Waals surface area contributed by atoms with E-state index in [4.69, 9.17) is 5.11 Å². The van der Waals surface area contributed by atoms with Gasteiger partial charge in [-0.25, -0.2) is 14.0 Å². The molecule has 0 bridgehead atoms. The number of benzene rings is 1. The Bertz CT molecular complexity index is 437. The van der Waals surface area contributed by atoms with Crippen LogP contribution in [0.2, 0.25) is 0 Å². The molecular weight excluding hydrogens is 239 g/mol. The molecule has 0 heterocycles. The maximum Gasteiger partial charge on any atom is 0.326 e. The smallest absolute Gasteiger partial charge is 0.326 e. The van der Waals surface area contributed by atoms with Gasteiger partial charge < -0.3 is 15.7 Å². The number of aliphatic carboxylic acids is 1. The SMILES string of the molecule is CCC(NC(=O)NCc1cccc(F)c1)C(=O)O. The molecule has 0 radical (unpaired) electrons. The van der Waals surface area contributed by atoms with Gasteiger partial charge in [-0.1, -0.05) is 19.1 Å². The van der Waals surface area contributed by atoms with Crippen molar-refractivity contribution < 1.29 is 19.1 Å². The monoisotopic (exact) mass is 254 g/mol. The van der Waals surface area contributed by atoms with Crippen LogP contribution < -0.4 is 10.6 Å². The van der Waals surface area contributed by atoms with Crippen molar-refractivity contribution in [3.8, 4) is 0 Å². The molecular formula is C12H15FN2O3. The van der Waals surface area contributed by atoms with E-state index in [-0.39, 0.29) is 12.4 Å². The van der Waals surface area contributed by atoms with Crippen LogP contribution >= 0.6 is 0 Å². The molecule has 0 spiro atoms. The molecule has 0 aromatic heterocycles. The van der Waals surface area contributed by atoms with Gasteiger partial charge in [-0.15, -0.1) is 0 Å². The third kappa shape index (κ3) is 4.40. The van der Waals surface area contributed by atoms with Crippen LogP contribution in [-0.2, 0) is 11.3 Å². The van der Waals surface area contributed by atoms with Crippen molar-refractivity contribution in [2.24, 2.45) is 0 Å². The van der Waals surface area contributed by atoms with E-state index in [1.807, 2.05) is 0 Å². The van der Waals surface area contributed by atoms with E-state index in [0.717, 1.165) is 0 Å². The van der Waals surface area contributed by atoms with Crippen LogP contribution in [0.1, 0.15) is 18.9 Å². The summed E-state index contributed by atoms with van der Waals surface area (Å²) in [6.45, 7) is 1.80. The van der Waals surface area contributed by atoms with Gasteiger partial charge in [0.15, 0.2) is 0 Å². The maximum absolute atomic E-state index is 12.9. The predicted octanol–water partition coefficient (Wildman–Crippen LogP) is 1.49. The number of urea groups is 1. The van der Waals surface area contributed by atoms with Gasteiger partial charge in [0.25, 0.3) is 0 Å². The summed E-state index contributed by atoms with van der Waals surface area (Å²) in [4.78, 5) is 22.1. The molecule has 0 saturated heterocycles. The van der Waals surface area contributed by atoms with Crippen molar-refractivity contribution in [2.45, 2.75) is 25.9 Å². The number of rotatable bonds is 5. The second-order valence-electron chi connectivity index (χ2n) is 3.76. The first kappa shape index (κ1) is 14.0. The van der Waals surface area contributed by atoms with E-state index >= 15 is 0 Å². The minimum absolute atomic E-state index is 0.139. The Kier molecular flexibility index (Phi) is 5.10. The summed E-state index contributed by atoms with van der Waals surface area (Å²) in [6, 6.07) is 4.30. The topological polar surface area (TPSA) is 78.4 Å². The maximum atomic E-state index is 12.9. The quantitative estimate of drug-likeness (QED) is 0.744. The fourth-order valence-corrected chi connectivity index (χ4v) is 1.38. The predicted molar refractivity (Wildman–Crippen MR) is 63.5 cm³/mol. The number of hydrogen-bond donors (Lipinski definition) is 3. The number of carbonyl (C=O) groups excluding carboxylic acids is 1. The van der Waals surface area contributed by atoms with Crippen LogP contribution in [0.3, 0.4) is 0 Å². The van der Waals surface area contributed by atoms with E-state index in [0.29, 0.717) is 12.0 Å². The lowest BCUT2D eigenvalue weighted by molar-refractivity contribution is -0.139. The highest BCUT2D eigenvalue weighted by Gasteiger charge is 2.16. The zero-order valence-electron chi connectivity index (χ0n) is 9.94. The fourth-order valence-electron chi connectivity index (χ4n) is 1.38. The number of hydrogen-bond acceptors (Lipinski definition) is 2. The Morgan fingerprint density at radius 1 is 1.44 bits per heavy atom. The minimum Gasteiger partial charge on any atom is -0.480 e. The third-order valence-corrected chi connectivity index (χ3v) is 2.35. The highest BCUT2D eigenvalue weighted by atomic mass is 19.1. The molecule has 6 heteroatoms. The minimum atomic E-state index is -1.08. The molecule has 0 aliphatic rings. The third-order valence-electron chi connectivity index (χ3n) is 2.35. The van der Waals surface area contributed by atoms with Gasteiger partial charge in [0.05, 0.1) is 0 Å². The Balaban J connectivity index is 2.44. The Morgan fingerprint density at radius 3 is 2.72 bits per heavy atom. The van der Waals surface area contributed by atoms with Gasteiger partial charge in [-0.05, 0) is 24.1 Å². The van der Waals surface area contributed by atoms with Crippen molar-refractivity contribution >= 4 is 12.0 Å². The van der Waals surface area contributed by atoms with E-state index in [1.165, 1.54) is 18.2 Å². The van der Waals surface area contributed by atoms with Gasteiger partial charge >= 0.3 is 12.0 Å². The Morgan fingerprint density at radius 2 is 2.17 bits per heavy atom. The van der Waals surface area contributed by atoms with Gasteiger partial charge in [0.1, 0.15) is 11.9 Å². The highest BCUT2D eigenvalue weighted by molar-refractivity contribution is 5.82. The molecule has 1 atom stereocenters. The van der Waals surface area contributed by atoms with Crippen LogP contribution in [0.5, 0.6) is 0 Å².